The van der Waals surface area contributed by atoms with Crippen LogP contribution in [0.1, 0.15) is 12.8 Å². The van der Waals surface area contributed by atoms with E-state index in [1.54, 1.807) is 6.20 Å². The van der Waals surface area contributed by atoms with Crippen molar-refractivity contribution in [3.8, 4) is 0 Å². The van der Waals surface area contributed by atoms with Gasteiger partial charge in [0.15, 0.2) is 0 Å². The van der Waals surface area contributed by atoms with Crippen molar-refractivity contribution in [1.29, 1.82) is 0 Å². The summed E-state index contributed by atoms with van der Waals surface area (Å²) in [6.07, 6.45) is 4.30. The lowest BCUT2D eigenvalue weighted by Gasteiger charge is -2.30. The van der Waals surface area contributed by atoms with E-state index in [4.69, 9.17) is 5.73 Å². The van der Waals surface area contributed by atoms with Crippen LogP contribution in [0.25, 0.3) is 10.9 Å². The average molecular weight is 349 g/mol. The lowest BCUT2D eigenvalue weighted by Crippen LogP contribution is -2.35. The van der Waals surface area contributed by atoms with E-state index in [1.165, 1.54) is 19.4 Å². The van der Waals surface area contributed by atoms with Crippen LogP contribution in [-0.2, 0) is 0 Å². The number of hydrogen-bond donors (Lipinski definition) is 2. The Morgan fingerprint density at radius 3 is 3.14 bits per heavy atom. The average Bonchev–Trinajstić information content (AvgIpc) is 2.46. The summed E-state index contributed by atoms with van der Waals surface area (Å²) in [5, 5.41) is 4.64. The fraction of sp³-hybridized carbons (Fsp3) is 0.438. The van der Waals surface area contributed by atoms with Crippen LogP contribution in [0.3, 0.4) is 0 Å². The van der Waals surface area contributed by atoms with Gasteiger partial charge in [-0.25, -0.2) is 0 Å². The summed E-state index contributed by atoms with van der Waals surface area (Å²) in [5.41, 5.74) is 8.82. The van der Waals surface area contributed by atoms with Gasteiger partial charge in [-0.15, -0.1) is 0 Å². The minimum absolute atomic E-state index is 0.679. The summed E-state index contributed by atoms with van der Waals surface area (Å²) >= 11 is 3.52. The zero-order valence-electron chi connectivity index (χ0n) is 12.3. The predicted molar refractivity (Wildman–Crippen MR) is 92.6 cm³/mol. The van der Waals surface area contributed by atoms with E-state index >= 15 is 0 Å². The SMILES string of the molecule is CN1CCCC(CNc2c(N)cnc3ccc(Br)cc23)C1. The highest BCUT2D eigenvalue weighted by Gasteiger charge is 2.17. The van der Waals surface area contributed by atoms with Crippen LogP contribution in [0, 0.1) is 5.92 Å². The molecule has 1 fully saturated rings. The Morgan fingerprint density at radius 2 is 2.33 bits per heavy atom. The summed E-state index contributed by atoms with van der Waals surface area (Å²) in [6, 6.07) is 6.10. The van der Waals surface area contributed by atoms with Crippen LogP contribution >= 0.6 is 15.9 Å². The summed E-state index contributed by atoms with van der Waals surface area (Å²) in [5.74, 6) is 0.679. The van der Waals surface area contributed by atoms with Crippen molar-refractivity contribution < 1.29 is 0 Å². The van der Waals surface area contributed by atoms with Gasteiger partial charge in [0.25, 0.3) is 0 Å². The van der Waals surface area contributed by atoms with Crippen molar-refractivity contribution in [1.82, 2.24) is 9.88 Å². The summed E-state index contributed by atoms with van der Waals surface area (Å²) in [4.78, 5) is 6.80. The van der Waals surface area contributed by atoms with Gasteiger partial charge >= 0.3 is 0 Å². The van der Waals surface area contributed by atoms with Gasteiger partial charge in [-0.3, -0.25) is 4.98 Å². The third-order valence-corrected chi connectivity index (χ3v) is 4.64. The van der Waals surface area contributed by atoms with Gasteiger partial charge in [0.1, 0.15) is 0 Å². The zero-order chi connectivity index (χ0) is 14.8. The van der Waals surface area contributed by atoms with Crippen molar-refractivity contribution >= 4 is 38.2 Å². The molecule has 3 N–H and O–H groups in total. The maximum absolute atomic E-state index is 6.13. The van der Waals surface area contributed by atoms with Gasteiger partial charge in [-0.2, -0.15) is 0 Å². The second kappa shape index (κ2) is 6.20. The van der Waals surface area contributed by atoms with E-state index in [0.29, 0.717) is 11.6 Å². The van der Waals surface area contributed by atoms with Crippen molar-refractivity contribution in [3.05, 3.63) is 28.9 Å². The van der Waals surface area contributed by atoms with Gasteiger partial charge in [-0.05, 0) is 50.6 Å². The molecule has 1 aromatic heterocycles. The molecule has 0 aliphatic carbocycles. The van der Waals surface area contributed by atoms with E-state index in [-0.39, 0.29) is 0 Å². The van der Waals surface area contributed by atoms with Crippen LogP contribution in [0.5, 0.6) is 0 Å². The number of benzene rings is 1. The third-order valence-electron chi connectivity index (χ3n) is 4.15. The summed E-state index contributed by atoms with van der Waals surface area (Å²) in [6.45, 7) is 3.32. The van der Waals surface area contributed by atoms with Gasteiger partial charge in [-0.1, -0.05) is 15.9 Å². The van der Waals surface area contributed by atoms with E-state index < -0.39 is 0 Å². The molecule has 1 aliphatic rings. The molecule has 1 aliphatic heterocycles. The first kappa shape index (κ1) is 14.6. The molecule has 3 rings (SSSR count). The molecule has 4 nitrogen and oxygen atoms in total. The Labute approximate surface area is 133 Å². The van der Waals surface area contributed by atoms with Crippen LogP contribution < -0.4 is 11.1 Å². The van der Waals surface area contributed by atoms with E-state index in [0.717, 1.165) is 34.2 Å². The molecular formula is C16H21BrN4. The Balaban J connectivity index is 1.82. The molecule has 0 saturated carbocycles. The number of piperidine rings is 1. The number of likely N-dealkylation sites (tertiary alicyclic amines) is 1. The smallest absolute Gasteiger partial charge is 0.0743 e. The molecule has 5 heteroatoms. The quantitative estimate of drug-likeness (QED) is 0.893. The fourth-order valence-corrected chi connectivity index (χ4v) is 3.42. The molecule has 1 saturated heterocycles. The molecule has 1 aromatic carbocycles. The highest BCUT2D eigenvalue weighted by atomic mass is 79.9. The maximum atomic E-state index is 6.13. The molecule has 2 heterocycles. The number of nitrogens with two attached hydrogens (primary N) is 1. The molecule has 1 atom stereocenters. The lowest BCUT2D eigenvalue weighted by molar-refractivity contribution is 0.217. The highest BCUT2D eigenvalue weighted by molar-refractivity contribution is 9.10. The molecule has 0 bridgehead atoms. The lowest BCUT2D eigenvalue weighted by atomic mass is 9.98. The van der Waals surface area contributed by atoms with E-state index in [2.05, 4.69) is 44.2 Å². The number of aromatic nitrogens is 1. The fourth-order valence-electron chi connectivity index (χ4n) is 3.06. The largest absolute Gasteiger partial charge is 0.396 e. The van der Waals surface area contributed by atoms with Crippen LogP contribution in [0.15, 0.2) is 28.9 Å². The van der Waals surface area contributed by atoms with E-state index in [1.807, 2.05) is 12.1 Å². The topological polar surface area (TPSA) is 54.2 Å². The van der Waals surface area contributed by atoms with Crippen LogP contribution in [-0.4, -0.2) is 36.6 Å². The first-order chi connectivity index (χ1) is 10.1. The molecule has 0 amide bonds. The van der Waals surface area contributed by atoms with E-state index in [9.17, 15) is 0 Å². The Kier molecular flexibility index (Phi) is 4.31. The van der Waals surface area contributed by atoms with Gasteiger partial charge in [0.2, 0.25) is 0 Å². The van der Waals surface area contributed by atoms with Crippen molar-refractivity contribution in [3.63, 3.8) is 0 Å². The third kappa shape index (κ3) is 3.30. The number of halogens is 1. The molecule has 0 spiro atoms. The normalized spacial score (nSPS) is 19.8. The minimum Gasteiger partial charge on any atom is -0.396 e. The molecule has 1 unspecified atom stereocenters. The first-order valence-corrected chi connectivity index (χ1v) is 8.19. The highest BCUT2D eigenvalue weighted by Crippen LogP contribution is 2.30. The second-order valence-corrected chi connectivity index (χ2v) is 6.82. The number of nitrogen functional groups attached to an aromatic ring is 1. The zero-order valence-corrected chi connectivity index (χ0v) is 13.9. The standard InChI is InChI=1S/C16H21BrN4/c1-21-6-2-3-11(10-21)8-20-16-13-7-12(17)4-5-15(13)19-9-14(16)18/h4-5,7,9,11H,2-3,6,8,10,18H2,1H3,(H,19,20). The summed E-state index contributed by atoms with van der Waals surface area (Å²) < 4.78 is 1.04. The van der Waals surface area contributed by atoms with Crippen molar-refractivity contribution in [2.24, 2.45) is 5.92 Å². The number of pyridine rings is 1. The Morgan fingerprint density at radius 1 is 1.48 bits per heavy atom. The van der Waals surface area contributed by atoms with Crippen molar-refractivity contribution in [2.45, 2.75) is 12.8 Å². The molecular weight excluding hydrogens is 328 g/mol. The maximum Gasteiger partial charge on any atom is 0.0743 e. The number of nitrogens with zero attached hydrogens (tertiary/aromatic N) is 2. The predicted octanol–water partition coefficient (Wildman–Crippen LogP) is 3.33. The number of fused-ring (bicyclic) bond motifs is 1. The van der Waals surface area contributed by atoms with Gasteiger partial charge < -0.3 is 16.0 Å². The molecule has 2 aromatic rings. The Hall–Kier alpha value is -1.33. The molecule has 21 heavy (non-hydrogen) atoms. The van der Waals surface area contributed by atoms with Gasteiger partial charge in [0, 0.05) is 22.9 Å². The monoisotopic (exact) mass is 348 g/mol. The minimum atomic E-state index is 0.679. The first-order valence-electron chi connectivity index (χ1n) is 7.39. The molecule has 112 valence electrons. The summed E-state index contributed by atoms with van der Waals surface area (Å²) in [7, 11) is 2.19. The van der Waals surface area contributed by atoms with Crippen LogP contribution in [0.4, 0.5) is 11.4 Å². The van der Waals surface area contributed by atoms with Crippen molar-refractivity contribution in [2.75, 3.05) is 37.7 Å². The number of rotatable bonds is 3. The molecule has 0 radical (unpaired) electrons. The number of anilines is 2. The number of hydrogen-bond acceptors (Lipinski definition) is 4. The van der Waals surface area contributed by atoms with Gasteiger partial charge in [0.05, 0.1) is 23.1 Å². The van der Waals surface area contributed by atoms with Crippen LogP contribution in [0.2, 0.25) is 0 Å². The Bertz CT molecular complexity index is 638. The second-order valence-electron chi connectivity index (χ2n) is 5.90. The number of nitrogens with one attached hydrogen (secondary N) is 1.